The number of thiocarbonyl (C=S) groups is 1. The van der Waals surface area contributed by atoms with Crippen molar-refractivity contribution in [1.29, 1.82) is 0 Å². The summed E-state index contributed by atoms with van der Waals surface area (Å²) in [6.07, 6.45) is 1.59. The highest BCUT2D eigenvalue weighted by atomic mass is 32.1. The highest BCUT2D eigenvalue weighted by Gasteiger charge is 2.01. The Labute approximate surface area is 138 Å². The summed E-state index contributed by atoms with van der Waals surface area (Å²) < 4.78 is 24.2. The molecule has 0 fully saturated rings. The molecule has 23 heavy (non-hydrogen) atoms. The lowest BCUT2D eigenvalue weighted by Crippen LogP contribution is -2.23. The number of nitrogens with zero attached hydrogens (tertiary/aromatic N) is 1. The van der Waals surface area contributed by atoms with Crippen LogP contribution < -0.4 is 20.6 Å². The fourth-order valence-electron chi connectivity index (χ4n) is 1.69. The number of para-hydroxylation sites is 1. The lowest BCUT2D eigenvalue weighted by atomic mass is 10.2. The Hall–Kier alpha value is -2.67. The molecule has 0 heterocycles. The second-order valence-corrected chi connectivity index (χ2v) is 4.87. The molecule has 0 aliphatic carbocycles. The van der Waals surface area contributed by atoms with Gasteiger partial charge in [-0.05, 0) is 54.2 Å². The van der Waals surface area contributed by atoms with Crippen molar-refractivity contribution >= 4 is 23.5 Å². The van der Waals surface area contributed by atoms with Crippen molar-refractivity contribution in [3.63, 3.8) is 0 Å². The van der Waals surface area contributed by atoms with Crippen LogP contribution in [-0.2, 0) is 0 Å². The van der Waals surface area contributed by atoms with Gasteiger partial charge in [0.2, 0.25) is 0 Å². The number of nitrogens with two attached hydrogens (primary N) is 1. The minimum atomic E-state index is -0.387. The largest absolute Gasteiger partial charge is 0.490 e. The number of hydrogen-bond donors (Lipinski definition) is 2. The molecule has 0 aliphatic heterocycles. The molecule has 0 saturated heterocycles. The molecule has 0 aliphatic rings. The topological polar surface area (TPSA) is 68.9 Å². The molecule has 0 amide bonds. The van der Waals surface area contributed by atoms with Crippen molar-refractivity contribution in [3.05, 3.63) is 59.9 Å². The Balaban J connectivity index is 1.75. The normalized spacial score (nSPS) is 10.5. The first kappa shape index (κ1) is 16.7. The van der Waals surface area contributed by atoms with E-state index in [-0.39, 0.29) is 23.3 Å². The molecule has 2 aromatic carbocycles. The summed E-state index contributed by atoms with van der Waals surface area (Å²) >= 11 is 4.63. The maximum atomic E-state index is 13.3. The highest BCUT2D eigenvalue weighted by molar-refractivity contribution is 7.80. The van der Waals surface area contributed by atoms with Crippen LogP contribution in [0.15, 0.2) is 53.6 Å². The molecule has 0 bridgehead atoms. The third kappa shape index (κ3) is 5.91. The Kier molecular flexibility index (Phi) is 6.31. The number of hydrogen-bond acceptors (Lipinski definition) is 4. The Morgan fingerprint density at radius 2 is 1.83 bits per heavy atom. The van der Waals surface area contributed by atoms with Crippen molar-refractivity contribution in [2.24, 2.45) is 10.8 Å². The van der Waals surface area contributed by atoms with Crippen LogP contribution >= 0.6 is 12.2 Å². The van der Waals surface area contributed by atoms with Crippen LogP contribution in [0, 0.1) is 5.82 Å². The standard InChI is InChI=1S/C16H16FN3O2S/c17-14-3-1-2-4-15(14)22-10-9-21-13-7-5-12(6-8-13)11-19-20-16(18)23/h1-8,11H,9-10H2,(H3,18,20,23)/b19-11-. The number of halogens is 1. The maximum Gasteiger partial charge on any atom is 0.184 e. The second kappa shape index (κ2) is 8.70. The van der Waals surface area contributed by atoms with Gasteiger partial charge in [-0.3, -0.25) is 5.43 Å². The summed E-state index contributed by atoms with van der Waals surface area (Å²) in [7, 11) is 0. The minimum Gasteiger partial charge on any atom is -0.490 e. The SMILES string of the molecule is NC(=S)N/N=C\c1ccc(OCCOc2ccccc2F)cc1. The lowest BCUT2D eigenvalue weighted by Gasteiger charge is -2.09. The molecule has 0 radical (unpaired) electrons. The quantitative estimate of drug-likeness (QED) is 0.353. The van der Waals surface area contributed by atoms with Gasteiger partial charge in [0, 0.05) is 0 Å². The van der Waals surface area contributed by atoms with Crippen molar-refractivity contribution < 1.29 is 13.9 Å². The molecule has 5 nitrogen and oxygen atoms in total. The van der Waals surface area contributed by atoms with Crippen LogP contribution in [0.25, 0.3) is 0 Å². The molecule has 0 saturated carbocycles. The van der Waals surface area contributed by atoms with Gasteiger partial charge in [0.1, 0.15) is 19.0 Å². The molecule has 0 atom stereocenters. The fourth-order valence-corrected chi connectivity index (χ4v) is 1.75. The molecule has 0 spiro atoms. The molecule has 0 unspecified atom stereocenters. The molecule has 2 rings (SSSR count). The smallest absolute Gasteiger partial charge is 0.184 e. The third-order valence-electron chi connectivity index (χ3n) is 2.71. The first-order valence-electron chi connectivity index (χ1n) is 6.84. The second-order valence-electron chi connectivity index (χ2n) is 4.43. The van der Waals surface area contributed by atoms with E-state index in [1.54, 1.807) is 36.5 Å². The maximum absolute atomic E-state index is 13.3. The molecule has 3 N–H and O–H groups in total. The van der Waals surface area contributed by atoms with Gasteiger partial charge in [-0.1, -0.05) is 12.1 Å². The molecule has 2 aromatic rings. The zero-order chi connectivity index (χ0) is 16.5. The van der Waals surface area contributed by atoms with Gasteiger partial charge in [-0.25, -0.2) is 4.39 Å². The minimum absolute atomic E-state index is 0.107. The van der Waals surface area contributed by atoms with E-state index in [4.69, 9.17) is 15.2 Å². The summed E-state index contributed by atoms with van der Waals surface area (Å²) in [6, 6.07) is 13.5. The van der Waals surface area contributed by atoms with E-state index in [1.807, 2.05) is 12.1 Å². The van der Waals surface area contributed by atoms with E-state index in [2.05, 4.69) is 22.7 Å². The fraction of sp³-hybridized carbons (Fsp3) is 0.125. The van der Waals surface area contributed by atoms with E-state index < -0.39 is 0 Å². The highest BCUT2D eigenvalue weighted by Crippen LogP contribution is 2.15. The van der Waals surface area contributed by atoms with E-state index in [0.717, 1.165) is 5.56 Å². The van der Waals surface area contributed by atoms with Gasteiger partial charge in [0.05, 0.1) is 6.21 Å². The van der Waals surface area contributed by atoms with E-state index in [1.165, 1.54) is 6.07 Å². The van der Waals surface area contributed by atoms with E-state index >= 15 is 0 Å². The summed E-state index contributed by atoms with van der Waals surface area (Å²) in [5.41, 5.74) is 8.59. The lowest BCUT2D eigenvalue weighted by molar-refractivity contribution is 0.211. The van der Waals surface area contributed by atoms with Crippen LogP contribution in [0.4, 0.5) is 4.39 Å². The molecular weight excluding hydrogens is 317 g/mol. The Morgan fingerprint density at radius 3 is 2.52 bits per heavy atom. The Morgan fingerprint density at radius 1 is 1.13 bits per heavy atom. The molecule has 120 valence electrons. The predicted molar refractivity (Wildman–Crippen MR) is 91.3 cm³/mol. The number of benzene rings is 2. The zero-order valence-corrected chi connectivity index (χ0v) is 13.1. The van der Waals surface area contributed by atoms with Crippen molar-refractivity contribution in [3.8, 4) is 11.5 Å². The van der Waals surface area contributed by atoms with Crippen molar-refractivity contribution in [1.82, 2.24) is 5.43 Å². The van der Waals surface area contributed by atoms with Crippen molar-refractivity contribution in [2.75, 3.05) is 13.2 Å². The van der Waals surface area contributed by atoms with Crippen LogP contribution in [0.1, 0.15) is 5.56 Å². The van der Waals surface area contributed by atoms with Crippen LogP contribution in [0.3, 0.4) is 0 Å². The van der Waals surface area contributed by atoms with Gasteiger partial charge >= 0.3 is 0 Å². The first-order chi connectivity index (χ1) is 11.1. The van der Waals surface area contributed by atoms with E-state index in [9.17, 15) is 4.39 Å². The average molecular weight is 333 g/mol. The number of hydrazone groups is 1. The van der Waals surface area contributed by atoms with Gasteiger partial charge < -0.3 is 15.2 Å². The van der Waals surface area contributed by atoms with Gasteiger partial charge in [-0.15, -0.1) is 0 Å². The van der Waals surface area contributed by atoms with E-state index in [0.29, 0.717) is 12.4 Å². The first-order valence-corrected chi connectivity index (χ1v) is 7.24. The zero-order valence-electron chi connectivity index (χ0n) is 12.2. The summed E-state index contributed by atoms with van der Waals surface area (Å²) in [4.78, 5) is 0. The Bertz CT molecular complexity index is 677. The molecule has 7 heteroatoms. The summed E-state index contributed by atoms with van der Waals surface area (Å²) in [5.74, 6) is 0.510. The third-order valence-corrected chi connectivity index (χ3v) is 2.81. The monoisotopic (exact) mass is 333 g/mol. The average Bonchev–Trinajstić information content (AvgIpc) is 2.54. The van der Waals surface area contributed by atoms with Gasteiger partial charge in [-0.2, -0.15) is 5.10 Å². The van der Waals surface area contributed by atoms with Gasteiger partial charge in [0.25, 0.3) is 0 Å². The van der Waals surface area contributed by atoms with Crippen LogP contribution in [-0.4, -0.2) is 24.5 Å². The molecular formula is C16H16FN3O2S. The summed E-state index contributed by atoms with van der Waals surface area (Å²) in [6.45, 7) is 0.562. The summed E-state index contributed by atoms with van der Waals surface area (Å²) in [5, 5.41) is 3.96. The van der Waals surface area contributed by atoms with Crippen molar-refractivity contribution in [2.45, 2.75) is 0 Å². The number of rotatable bonds is 7. The van der Waals surface area contributed by atoms with Crippen LogP contribution in [0.5, 0.6) is 11.5 Å². The number of ether oxygens (including phenoxy) is 2. The number of nitrogens with one attached hydrogen (secondary N) is 1. The van der Waals surface area contributed by atoms with Crippen LogP contribution in [0.2, 0.25) is 0 Å². The molecule has 0 aromatic heterocycles. The predicted octanol–water partition coefficient (Wildman–Crippen LogP) is 2.45. The van der Waals surface area contributed by atoms with Gasteiger partial charge in [0.15, 0.2) is 16.7 Å².